The molecule has 8 heteroatoms. The topological polar surface area (TPSA) is 102 Å². The fraction of sp³-hybridized carbons (Fsp3) is 0.190. The quantitative estimate of drug-likeness (QED) is 0.604. The van der Waals surface area contributed by atoms with Gasteiger partial charge in [0.15, 0.2) is 5.78 Å². The zero-order valence-corrected chi connectivity index (χ0v) is 15.9. The van der Waals surface area contributed by atoms with E-state index in [9.17, 15) is 19.5 Å². The van der Waals surface area contributed by atoms with E-state index in [-0.39, 0.29) is 36.1 Å². The molecule has 2 aromatic carbocycles. The summed E-state index contributed by atoms with van der Waals surface area (Å²) in [5, 5.41) is 9.35. The number of esters is 2. The molecule has 0 spiro atoms. The smallest absolute Gasteiger partial charge is 0.355 e. The van der Waals surface area contributed by atoms with Crippen molar-refractivity contribution in [1.29, 1.82) is 0 Å². The Morgan fingerprint density at radius 1 is 0.897 bits per heavy atom. The highest BCUT2D eigenvalue weighted by atomic mass is 16.5. The fourth-order valence-electron chi connectivity index (χ4n) is 2.92. The zero-order valence-electron chi connectivity index (χ0n) is 15.9. The molecule has 0 radical (unpaired) electrons. The van der Waals surface area contributed by atoms with Gasteiger partial charge in [-0.25, -0.2) is 9.59 Å². The van der Waals surface area contributed by atoms with Crippen molar-refractivity contribution in [3.05, 3.63) is 70.9 Å². The summed E-state index contributed by atoms with van der Waals surface area (Å²) in [5.74, 6) is -1.52. The number of carbonyl (C=O) groups excluding carboxylic acids is 3. The minimum Gasteiger partial charge on any atom is -0.508 e. The Morgan fingerprint density at radius 3 is 2.00 bits per heavy atom. The van der Waals surface area contributed by atoms with Crippen LogP contribution >= 0.6 is 0 Å². The Kier molecular flexibility index (Phi) is 5.94. The third-order valence-electron chi connectivity index (χ3n) is 4.40. The molecule has 3 rings (SSSR count). The maximum Gasteiger partial charge on any atom is 0.355 e. The predicted molar refractivity (Wildman–Crippen MR) is 102 cm³/mol. The monoisotopic (exact) mass is 397 g/mol. The Balaban J connectivity index is 1.93. The zero-order chi connectivity index (χ0) is 21.0. The van der Waals surface area contributed by atoms with Crippen molar-refractivity contribution in [3.63, 3.8) is 0 Å². The molecule has 2 aromatic rings. The van der Waals surface area contributed by atoms with E-state index in [2.05, 4.69) is 0 Å². The predicted octanol–water partition coefficient (Wildman–Crippen LogP) is 2.02. The molecule has 0 bridgehead atoms. The number of methoxy groups -OCH3 is 2. The molecule has 0 fully saturated rings. The number of hydrogen-bond donors (Lipinski definition) is 1. The first-order chi connectivity index (χ1) is 14.0. The third kappa shape index (κ3) is 4.12. The van der Waals surface area contributed by atoms with Crippen LogP contribution in [0.1, 0.15) is 15.9 Å². The normalized spacial score (nSPS) is 13.8. The van der Waals surface area contributed by atoms with E-state index in [1.165, 1.54) is 43.4 Å². The van der Waals surface area contributed by atoms with E-state index in [0.29, 0.717) is 16.8 Å². The highest BCUT2D eigenvalue weighted by molar-refractivity contribution is 6.09. The van der Waals surface area contributed by atoms with Gasteiger partial charge >= 0.3 is 11.9 Å². The molecule has 1 heterocycles. The molecular formula is C21H19NO7. The molecule has 0 aliphatic carbocycles. The lowest BCUT2D eigenvalue weighted by Gasteiger charge is -2.31. The first-order valence-corrected chi connectivity index (χ1v) is 8.65. The summed E-state index contributed by atoms with van der Waals surface area (Å²) in [6.07, 6.45) is 0. The van der Waals surface area contributed by atoms with Crippen molar-refractivity contribution in [2.24, 2.45) is 0 Å². The van der Waals surface area contributed by atoms with Gasteiger partial charge in [-0.05, 0) is 48.5 Å². The average Bonchev–Trinajstić information content (AvgIpc) is 2.77. The summed E-state index contributed by atoms with van der Waals surface area (Å²) in [7, 11) is 2.43. The van der Waals surface area contributed by atoms with E-state index < -0.39 is 11.9 Å². The van der Waals surface area contributed by atoms with E-state index in [4.69, 9.17) is 14.2 Å². The molecule has 1 aliphatic rings. The Morgan fingerprint density at radius 2 is 1.45 bits per heavy atom. The Labute approximate surface area is 166 Å². The molecule has 1 N–H and O–H groups in total. The second-order valence-electron chi connectivity index (χ2n) is 6.14. The number of rotatable bonds is 5. The number of phenolic OH excluding ortho intramolecular Hbond substituents is 1. The van der Waals surface area contributed by atoms with Gasteiger partial charge in [0.05, 0.1) is 26.4 Å². The van der Waals surface area contributed by atoms with Gasteiger partial charge in [-0.1, -0.05) is 0 Å². The number of hydrogen-bond acceptors (Lipinski definition) is 8. The van der Waals surface area contributed by atoms with Crippen LogP contribution in [0.15, 0.2) is 59.8 Å². The average molecular weight is 397 g/mol. The van der Waals surface area contributed by atoms with Crippen LogP contribution in [0.25, 0.3) is 0 Å². The van der Waals surface area contributed by atoms with Crippen molar-refractivity contribution in [2.45, 2.75) is 0 Å². The maximum absolute atomic E-state index is 12.6. The van der Waals surface area contributed by atoms with Gasteiger partial charge in [0.2, 0.25) is 0 Å². The molecular weight excluding hydrogens is 378 g/mol. The van der Waals surface area contributed by atoms with Gasteiger partial charge in [-0.3, -0.25) is 4.79 Å². The molecule has 0 amide bonds. The molecule has 1 aliphatic heterocycles. The Bertz CT molecular complexity index is 962. The lowest BCUT2D eigenvalue weighted by molar-refractivity contribution is -0.140. The van der Waals surface area contributed by atoms with Crippen LogP contribution in [0.5, 0.6) is 5.75 Å². The minimum atomic E-state index is -0.696. The molecule has 0 saturated heterocycles. The second kappa shape index (κ2) is 8.57. The number of ether oxygens (including phenoxy) is 3. The van der Waals surface area contributed by atoms with Crippen LogP contribution < -0.4 is 4.90 Å². The molecule has 150 valence electrons. The molecule has 0 saturated carbocycles. The Hall–Kier alpha value is -3.65. The van der Waals surface area contributed by atoms with Gasteiger partial charge in [-0.2, -0.15) is 0 Å². The minimum absolute atomic E-state index is 0.0240. The summed E-state index contributed by atoms with van der Waals surface area (Å²) in [4.78, 5) is 38.4. The number of aromatic hydroxyl groups is 1. The summed E-state index contributed by atoms with van der Waals surface area (Å²) in [5.41, 5.74) is 1.47. The standard InChI is InChI=1S/C21H19NO7/c1-27-20(25)17-11-29-12-22(18(17)21(26)28-2)15-7-3-13(4-8-15)19(24)14-5-9-16(23)10-6-14/h3-10,23H,11-12H2,1-2H3. The second-order valence-corrected chi connectivity index (χ2v) is 6.14. The molecule has 8 nitrogen and oxygen atoms in total. The third-order valence-corrected chi connectivity index (χ3v) is 4.40. The van der Waals surface area contributed by atoms with Gasteiger partial charge < -0.3 is 24.2 Å². The first-order valence-electron chi connectivity index (χ1n) is 8.65. The van der Waals surface area contributed by atoms with Crippen molar-refractivity contribution in [3.8, 4) is 5.75 Å². The van der Waals surface area contributed by atoms with Crippen molar-refractivity contribution < 1.29 is 33.7 Å². The highest BCUT2D eigenvalue weighted by Crippen LogP contribution is 2.27. The van der Waals surface area contributed by atoms with Crippen LogP contribution in [0.2, 0.25) is 0 Å². The van der Waals surface area contributed by atoms with E-state index in [1.807, 2.05) is 0 Å². The van der Waals surface area contributed by atoms with E-state index >= 15 is 0 Å². The van der Waals surface area contributed by atoms with Gasteiger partial charge in [0.1, 0.15) is 18.2 Å². The number of carbonyl (C=O) groups is 3. The van der Waals surface area contributed by atoms with E-state index in [1.54, 1.807) is 24.3 Å². The number of phenols is 1. The van der Waals surface area contributed by atoms with Crippen LogP contribution in [0, 0.1) is 0 Å². The molecule has 0 atom stereocenters. The van der Waals surface area contributed by atoms with Crippen molar-refractivity contribution in [1.82, 2.24) is 0 Å². The van der Waals surface area contributed by atoms with Gasteiger partial charge in [0, 0.05) is 16.8 Å². The SMILES string of the molecule is COC(=O)C1=C(C(=O)OC)N(c2ccc(C(=O)c3ccc(O)cc3)cc2)COC1. The molecule has 0 unspecified atom stereocenters. The summed E-state index contributed by atoms with van der Waals surface area (Å²) in [6.45, 7) is -0.0544. The van der Waals surface area contributed by atoms with Crippen LogP contribution in [0.3, 0.4) is 0 Å². The fourth-order valence-corrected chi connectivity index (χ4v) is 2.92. The summed E-state index contributed by atoms with van der Waals surface area (Å²) >= 11 is 0. The lowest BCUT2D eigenvalue weighted by atomic mass is 10.0. The van der Waals surface area contributed by atoms with Crippen LogP contribution in [0.4, 0.5) is 5.69 Å². The van der Waals surface area contributed by atoms with Crippen LogP contribution in [-0.4, -0.2) is 50.4 Å². The van der Waals surface area contributed by atoms with Gasteiger partial charge in [-0.15, -0.1) is 0 Å². The van der Waals surface area contributed by atoms with E-state index in [0.717, 1.165) is 0 Å². The molecule has 0 aromatic heterocycles. The summed E-state index contributed by atoms with van der Waals surface area (Å²) in [6, 6.07) is 12.4. The summed E-state index contributed by atoms with van der Waals surface area (Å²) < 4.78 is 15.0. The largest absolute Gasteiger partial charge is 0.508 e. The number of nitrogens with zero attached hydrogens (tertiary/aromatic N) is 1. The van der Waals surface area contributed by atoms with Crippen LogP contribution in [-0.2, 0) is 23.8 Å². The highest BCUT2D eigenvalue weighted by Gasteiger charge is 2.32. The lowest BCUT2D eigenvalue weighted by Crippen LogP contribution is -2.38. The number of anilines is 1. The molecule has 29 heavy (non-hydrogen) atoms. The van der Waals surface area contributed by atoms with Gasteiger partial charge in [0.25, 0.3) is 0 Å². The first kappa shape index (κ1) is 20.1. The van der Waals surface area contributed by atoms with Crippen molar-refractivity contribution >= 4 is 23.4 Å². The number of ketones is 1. The number of benzene rings is 2. The van der Waals surface area contributed by atoms with Crippen molar-refractivity contribution in [2.75, 3.05) is 32.5 Å². The maximum atomic E-state index is 12.6.